The van der Waals surface area contributed by atoms with E-state index in [0.29, 0.717) is 5.92 Å². The van der Waals surface area contributed by atoms with Crippen molar-refractivity contribution in [2.45, 2.75) is 58.3 Å². The highest BCUT2D eigenvalue weighted by atomic mass is 16.4. The summed E-state index contributed by atoms with van der Waals surface area (Å²) in [7, 11) is 0. The third-order valence-corrected chi connectivity index (χ3v) is 3.15. The zero-order valence-electron chi connectivity index (χ0n) is 9.13. The molecule has 0 heterocycles. The first kappa shape index (κ1) is 11.5. The molecule has 0 bridgehead atoms. The molecule has 0 unspecified atom stereocenters. The number of carboxylic acid groups (broad SMARTS) is 1. The summed E-state index contributed by atoms with van der Waals surface area (Å²) in [4.78, 5) is 10.4. The fourth-order valence-corrected chi connectivity index (χ4v) is 2.04. The highest BCUT2D eigenvalue weighted by Gasteiger charge is 2.36. The highest BCUT2D eigenvalue weighted by Crippen LogP contribution is 2.41. The predicted molar refractivity (Wildman–Crippen MR) is 54.6 cm³/mol. The Balaban J connectivity index is 1.84. The molecule has 0 saturated heterocycles. The molecular formula is C12H21O2-. The third kappa shape index (κ3) is 4.12. The van der Waals surface area contributed by atoms with Gasteiger partial charge in [0.1, 0.15) is 0 Å². The molecule has 0 amide bonds. The Hall–Kier alpha value is -0.530. The van der Waals surface area contributed by atoms with Crippen molar-refractivity contribution in [1.29, 1.82) is 0 Å². The zero-order chi connectivity index (χ0) is 10.4. The minimum Gasteiger partial charge on any atom is -0.550 e. The van der Waals surface area contributed by atoms with Gasteiger partial charge in [-0.1, -0.05) is 45.4 Å². The molecule has 1 aliphatic carbocycles. The number of hydrogen-bond donors (Lipinski definition) is 0. The molecule has 1 fully saturated rings. The van der Waals surface area contributed by atoms with Crippen molar-refractivity contribution in [2.24, 2.45) is 11.8 Å². The molecule has 14 heavy (non-hydrogen) atoms. The van der Waals surface area contributed by atoms with Gasteiger partial charge in [-0.05, 0) is 18.8 Å². The Kier molecular flexibility index (Phi) is 4.99. The van der Waals surface area contributed by atoms with Crippen molar-refractivity contribution in [3.8, 4) is 0 Å². The van der Waals surface area contributed by atoms with E-state index in [1.54, 1.807) is 0 Å². The minimum atomic E-state index is -0.832. The lowest BCUT2D eigenvalue weighted by Crippen LogP contribution is -2.24. The van der Waals surface area contributed by atoms with Gasteiger partial charge in [0.2, 0.25) is 0 Å². The number of carboxylic acids is 1. The molecule has 1 rings (SSSR count). The Morgan fingerprint density at radius 3 is 2.43 bits per heavy atom. The van der Waals surface area contributed by atoms with Gasteiger partial charge in [-0.2, -0.15) is 0 Å². The second kappa shape index (κ2) is 6.05. The molecule has 0 N–H and O–H groups in total. The van der Waals surface area contributed by atoms with Gasteiger partial charge in [0.05, 0.1) is 0 Å². The molecule has 2 nitrogen and oxygen atoms in total. The molecule has 0 aliphatic heterocycles. The van der Waals surface area contributed by atoms with Crippen LogP contribution in [0.4, 0.5) is 0 Å². The fourth-order valence-electron chi connectivity index (χ4n) is 2.04. The number of hydrogen-bond acceptors (Lipinski definition) is 2. The van der Waals surface area contributed by atoms with Crippen molar-refractivity contribution in [1.82, 2.24) is 0 Å². The first-order valence-electron chi connectivity index (χ1n) is 5.96. The van der Waals surface area contributed by atoms with Crippen LogP contribution in [0.25, 0.3) is 0 Å². The maximum Gasteiger partial charge on any atom is 0.0448 e. The fraction of sp³-hybridized carbons (Fsp3) is 0.917. The van der Waals surface area contributed by atoms with Crippen LogP contribution in [-0.4, -0.2) is 5.97 Å². The van der Waals surface area contributed by atoms with E-state index in [4.69, 9.17) is 0 Å². The third-order valence-electron chi connectivity index (χ3n) is 3.15. The predicted octanol–water partition coefficient (Wildman–Crippen LogP) is 2.12. The summed E-state index contributed by atoms with van der Waals surface area (Å²) in [6, 6.07) is 0. The van der Waals surface area contributed by atoms with Gasteiger partial charge in [-0.25, -0.2) is 0 Å². The van der Waals surface area contributed by atoms with Gasteiger partial charge >= 0.3 is 0 Å². The van der Waals surface area contributed by atoms with Crippen molar-refractivity contribution >= 4 is 5.97 Å². The van der Waals surface area contributed by atoms with Gasteiger partial charge in [0.15, 0.2) is 0 Å². The summed E-state index contributed by atoms with van der Waals surface area (Å²) in [5.41, 5.74) is 0. The van der Waals surface area contributed by atoms with Gasteiger partial charge in [-0.15, -0.1) is 0 Å². The van der Waals surface area contributed by atoms with Crippen molar-refractivity contribution < 1.29 is 9.90 Å². The topological polar surface area (TPSA) is 40.1 Å². The Morgan fingerprint density at radius 1 is 1.21 bits per heavy atom. The Morgan fingerprint density at radius 2 is 1.86 bits per heavy atom. The largest absolute Gasteiger partial charge is 0.550 e. The van der Waals surface area contributed by atoms with Crippen LogP contribution in [0.15, 0.2) is 0 Å². The number of carbonyl (C=O) groups excluding carboxylic acids is 1. The number of carbonyl (C=O) groups is 1. The van der Waals surface area contributed by atoms with Crippen LogP contribution in [0.1, 0.15) is 58.3 Å². The van der Waals surface area contributed by atoms with E-state index in [1.165, 1.54) is 38.5 Å². The normalized spacial score (nSPS) is 24.9. The van der Waals surface area contributed by atoms with Crippen LogP contribution in [0.2, 0.25) is 0 Å². The van der Waals surface area contributed by atoms with E-state index < -0.39 is 5.97 Å². The minimum absolute atomic E-state index is 0.106. The SMILES string of the molecule is CCCCCCCC[C@H]1C[C@@H]1C(=O)[O-]. The van der Waals surface area contributed by atoms with Crippen molar-refractivity contribution in [3.63, 3.8) is 0 Å². The van der Waals surface area contributed by atoms with E-state index in [2.05, 4.69) is 6.92 Å². The number of aliphatic carboxylic acids is 1. The summed E-state index contributed by atoms with van der Waals surface area (Å²) >= 11 is 0. The van der Waals surface area contributed by atoms with E-state index in [1.807, 2.05) is 0 Å². The van der Waals surface area contributed by atoms with Crippen molar-refractivity contribution in [2.75, 3.05) is 0 Å². The van der Waals surface area contributed by atoms with Gasteiger partial charge in [0.25, 0.3) is 0 Å². The average molecular weight is 197 g/mol. The summed E-state index contributed by atoms with van der Waals surface area (Å²) < 4.78 is 0. The molecule has 0 aromatic heterocycles. The first-order chi connectivity index (χ1) is 6.75. The lowest BCUT2D eigenvalue weighted by atomic mass is 10.1. The molecule has 1 aliphatic rings. The molecule has 0 radical (unpaired) electrons. The van der Waals surface area contributed by atoms with E-state index in [-0.39, 0.29) is 5.92 Å². The van der Waals surface area contributed by atoms with Crippen LogP contribution in [-0.2, 0) is 4.79 Å². The number of unbranched alkanes of at least 4 members (excludes halogenated alkanes) is 5. The summed E-state index contributed by atoms with van der Waals surface area (Å²) in [6.45, 7) is 2.22. The summed E-state index contributed by atoms with van der Waals surface area (Å²) in [5.74, 6) is -0.488. The zero-order valence-corrected chi connectivity index (χ0v) is 9.13. The summed E-state index contributed by atoms with van der Waals surface area (Å²) in [6.07, 6.45) is 9.73. The second-order valence-corrected chi connectivity index (χ2v) is 4.48. The molecule has 0 aromatic carbocycles. The van der Waals surface area contributed by atoms with Crippen LogP contribution < -0.4 is 5.11 Å². The molecule has 2 heteroatoms. The van der Waals surface area contributed by atoms with Crippen LogP contribution in [0.5, 0.6) is 0 Å². The van der Waals surface area contributed by atoms with Gasteiger partial charge < -0.3 is 9.90 Å². The lowest BCUT2D eigenvalue weighted by Gasteiger charge is -2.01. The second-order valence-electron chi connectivity index (χ2n) is 4.48. The molecule has 0 spiro atoms. The standard InChI is InChI=1S/C12H22O2/c1-2-3-4-5-6-7-8-10-9-11(10)12(13)14/h10-11H,2-9H2,1H3,(H,13,14)/p-1/t10-,11-/m0/s1. The molecule has 0 aromatic rings. The monoisotopic (exact) mass is 197 g/mol. The molecule has 1 saturated carbocycles. The maximum atomic E-state index is 10.4. The quantitative estimate of drug-likeness (QED) is 0.559. The van der Waals surface area contributed by atoms with E-state index in [0.717, 1.165) is 12.8 Å². The van der Waals surface area contributed by atoms with Gasteiger partial charge in [-0.3, -0.25) is 0 Å². The highest BCUT2D eigenvalue weighted by molar-refractivity contribution is 5.71. The molecular weight excluding hydrogens is 176 g/mol. The average Bonchev–Trinajstić information content (AvgIpc) is 2.90. The number of rotatable bonds is 8. The lowest BCUT2D eigenvalue weighted by molar-refractivity contribution is -0.308. The van der Waals surface area contributed by atoms with Gasteiger partial charge in [0, 0.05) is 11.9 Å². The van der Waals surface area contributed by atoms with Crippen molar-refractivity contribution in [3.05, 3.63) is 0 Å². The van der Waals surface area contributed by atoms with Crippen LogP contribution in [0, 0.1) is 11.8 Å². The summed E-state index contributed by atoms with van der Waals surface area (Å²) in [5, 5.41) is 10.4. The van der Waals surface area contributed by atoms with E-state index >= 15 is 0 Å². The maximum absolute atomic E-state index is 10.4. The van der Waals surface area contributed by atoms with Crippen LogP contribution in [0.3, 0.4) is 0 Å². The molecule has 2 atom stereocenters. The smallest absolute Gasteiger partial charge is 0.0448 e. The molecule has 82 valence electrons. The van der Waals surface area contributed by atoms with Crippen LogP contribution >= 0.6 is 0 Å². The Bertz CT molecular complexity index is 177. The Labute approximate surface area is 86.7 Å². The van der Waals surface area contributed by atoms with E-state index in [9.17, 15) is 9.90 Å². The first-order valence-corrected chi connectivity index (χ1v) is 5.96.